The third-order valence-electron chi connectivity index (χ3n) is 5.24. The lowest BCUT2D eigenvalue weighted by Crippen LogP contribution is -2.50. The molecule has 2 fully saturated rings. The number of thioether (sulfide) groups is 1. The Morgan fingerprint density at radius 3 is 2.70 bits per heavy atom. The van der Waals surface area contributed by atoms with Crippen LogP contribution in [0.2, 0.25) is 0 Å². The summed E-state index contributed by atoms with van der Waals surface area (Å²) in [6, 6.07) is 8.67. The van der Waals surface area contributed by atoms with Crippen molar-refractivity contribution in [3.05, 3.63) is 24.3 Å². The van der Waals surface area contributed by atoms with Gasteiger partial charge in [-0.3, -0.25) is 4.90 Å². The van der Waals surface area contributed by atoms with E-state index in [9.17, 15) is 4.79 Å². The van der Waals surface area contributed by atoms with E-state index in [-0.39, 0.29) is 18.2 Å². The molecule has 2 saturated heterocycles. The molecule has 0 saturated carbocycles. The van der Waals surface area contributed by atoms with E-state index < -0.39 is 0 Å². The van der Waals surface area contributed by atoms with E-state index in [1.807, 2.05) is 17.0 Å². The van der Waals surface area contributed by atoms with Crippen LogP contribution in [0.3, 0.4) is 0 Å². The Morgan fingerprint density at radius 1 is 1.33 bits per heavy atom. The van der Waals surface area contributed by atoms with Gasteiger partial charge >= 0.3 is 6.09 Å². The van der Waals surface area contributed by atoms with Crippen molar-refractivity contribution in [3.63, 3.8) is 0 Å². The van der Waals surface area contributed by atoms with Crippen LogP contribution < -0.4 is 5.32 Å². The SMILES string of the molecule is CSc1ccccc1NC(=S)N1CCC(N2C(=O)OCC2CC(C)C)CC1. The molecule has 1 aromatic carbocycles. The van der Waals surface area contributed by atoms with Crippen LogP contribution in [-0.2, 0) is 4.74 Å². The van der Waals surface area contributed by atoms with Crippen molar-refractivity contribution in [1.82, 2.24) is 9.80 Å². The van der Waals surface area contributed by atoms with Crippen molar-refractivity contribution >= 4 is 40.9 Å². The third kappa shape index (κ3) is 4.88. The minimum absolute atomic E-state index is 0.145. The van der Waals surface area contributed by atoms with E-state index in [4.69, 9.17) is 17.0 Å². The van der Waals surface area contributed by atoms with Crippen LogP contribution >= 0.6 is 24.0 Å². The van der Waals surface area contributed by atoms with Gasteiger partial charge in [0.1, 0.15) is 6.61 Å². The van der Waals surface area contributed by atoms with E-state index in [1.54, 1.807) is 11.8 Å². The molecule has 0 aliphatic carbocycles. The molecule has 1 amide bonds. The molecule has 3 rings (SSSR count). The van der Waals surface area contributed by atoms with Gasteiger partial charge in [0.25, 0.3) is 0 Å². The molecular formula is C20H29N3O2S2. The number of thiocarbonyl (C=S) groups is 1. The van der Waals surface area contributed by atoms with Crippen molar-refractivity contribution in [2.75, 3.05) is 31.3 Å². The first kappa shape index (κ1) is 20.3. The van der Waals surface area contributed by atoms with Crippen LogP contribution in [0.25, 0.3) is 0 Å². The van der Waals surface area contributed by atoms with Crippen LogP contribution in [-0.4, -0.2) is 59.0 Å². The molecule has 0 spiro atoms. The minimum atomic E-state index is -0.145. The highest BCUT2D eigenvalue weighted by Crippen LogP contribution is 2.28. The fourth-order valence-electron chi connectivity index (χ4n) is 3.93. The second kappa shape index (κ2) is 9.15. The third-order valence-corrected chi connectivity index (χ3v) is 6.40. The maximum absolute atomic E-state index is 12.2. The second-order valence-corrected chi connectivity index (χ2v) is 8.85. The van der Waals surface area contributed by atoms with Crippen LogP contribution in [0.1, 0.15) is 33.1 Å². The lowest BCUT2D eigenvalue weighted by molar-refractivity contribution is 0.120. The molecule has 2 aliphatic heterocycles. The highest BCUT2D eigenvalue weighted by Gasteiger charge is 2.39. The van der Waals surface area contributed by atoms with Gasteiger partial charge in [-0.25, -0.2) is 4.79 Å². The van der Waals surface area contributed by atoms with E-state index in [0.29, 0.717) is 12.5 Å². The fraction of sp³-hybridized carbons (Fsp3) is 0.600. The monoisotopic (exact) mass is 407 g/mol. The van der Waals surface area contributed by atoms with E-state index in [1.165, 1.54) is 4.90 Å². The molecular weight excluding hydrogens is 378 g/mol. The molecule has 7 heteroatoms. The van der Waals surface area contributed by atoms with Crippen molar-refractivity contribution in [1.29, 1.82) is 0 Å². The molecule has 27 heavy (non-hydrogen) atoms. The molecule has 0 radical (unpaired) electrons. The number of amides is 1. The standard InChI is InChI=1S/C20H29N3O2S2/c1-14(2)12-16-13-25-20(24)23(16)15-8-10-22(11-9-15)19(26)21-17-6-4-5-7-18(17)27-3/h4-7,14-16H,8-13H2,1-3H3,(H,21,26). The van der Waals surface area contributed by atoms with Crippen molar-refractivity contribution in [3.8, 4) is 0 Å². The van der Waals surface area contributed by atoms with Crippen molar-refractivity contribution < 1.29 is 9.53 Å². The van der Waals surface area contributed by atoms with Gasteiger partial charge in [0.15, 0.2) is 5.11 Å². The normalized spacial score (nSPS) is 20.9. The number of nitrogens with one attached hydrogen (secondary N) is 1. The largest absolute Gasteiger partial charge is 0.447 e. The topological polar surface area (TPSA) is 44.8 Å². The summed E-state index contributed by atoms with van der Waals surface area (Å²) in [6.07, 6.45) is 4.77. The first-order valence-electron chi connectivity index (χ1n) is 9.63. The highest BCUT2D eigenvalue weighted by molar-refractivity contribution is 7.98. The molecule has 1 N–H and O–H groups in total. The summed E-state index contributed by atoms with van der Waals surface area (Å²) < 4.78 is 5.34. The van der Waals surface area contributed by atoms with Gasteiger partial charge in [0.2, 0.25) is 0 Å². The van der Waals surface area contributed by atoms with Gasteiger partial charge in [-0.2, -0.15) is 0 Å². The smallest absolute Gasteiger partial charge is 0.410 e. The fourth-order valence-corrected chi connectivity index (χ4v) is 4.78. The minimum Gasteiger partial charge on any atom is -0.447 e. The Morgan fingerprint density at radius 2 is 2.04 bits per heavy atom. The molecule has 148 valence electrons. The number of carbonyl (C=O) groups is 1. The number of anilines is 1. The molecule has 1 atom stereocenters. The Hall–Kier alpha value is -1.47. The zero-order valence-electron chi connectivity index (χ0n) is 16.3. The first-order chi connectivity index (χ1) is 13.0. The van der Waals surface area contributed by atoms with Crippen LogP contribution in [0.4, 0.5) is 10.5 Å². The van der Waals surface area contributed by atoms with Gasteiger partial charge in [0.05, 0.1) is 11.7 Å². The Labute approximate surface area is 171 Å². The van der Waals surface area contributed by atoms with Crippen molar-refractivity contribution in [2.24, 2.45) is 5.92 Å². The predicted octanol–water partition coefficient (Wildman–Crippen LogP) is 4.44. The number of benzene rings is 1. The van der Waals surface area contributed by atoms with Crippen LogP contribution in [0.15, 0.2) is 29.2 Å². The number of ether oxygens (including phenoxy) is 1. The molecule has 1 aromatic rings. The number of cyclic esters (lactones) is 1. The summed E-state index contributed by atoms with van der Waals surface area (Å²) in [4.78, 5) is 17.6. The molecule has 1 unspecified atom stereocenters. The summed E-state index contributed by atoms with van der Waals surface area (Å²) >= 11 is 7.35. The van der Waals surface area contributed by atoms with Gasteiger partial charge < -0.3 is 15.0 Å². The lowest BCUT2D eigenvalue weighted by Gasteiger charge is -2.39. The van der Waals surface area contributed by atoms with Crippen LogP contribution in [0.5, 0.6) is 0 Å². The molecule has 5 nitrogen and oxygen atoms in total. The zero-order chi connectivity index (χ0) is 19.4. The van der Waals surface area contributed by atoms with Gasteiger partial charge in [-0.1, -0.05) is 26.0 Å². The zero-order valence-corrected chi connectivity index (χ0v) is 17.9. The Bertz CT molecular complexity index is 675. The number of nitrogens with zero attached hydrogens (tertiary/aromatic N) is 2. The van der Waals surface area contributed by atoms with Gasteiger partial charge in [-0.05, 0) is 55.8 Å². The molecule has 0 aromatic heterocycles. The van der Waals surface area contributed by atoms with Gasteiger partial charge in [0, 0.05) is 24.0 Å². The number of para-hydroxylation sites is 1. The number of carbonyl (C=O) groups excluding carboxylic acids is 1. The average molecular weight is 408 g/mol. The number of rotatable bonds is 5. The van der Waals surface area contributed by atoms with Crippen LogP contribution in [0, 0.1) is 5.92 Å². The quantitative estimate of drug-likeness (QED) is 0.575. The number of piperidine rings is 1. The summed E-state index contributed by atoms with van der Waals surface area (Å²) in [7, 11) is 0. The number of hydrogen-bond acceptors (Lipinski definition) is 4. The summed E-state index contributed by atoms with van der Waals surface area (Å²) in [5.74, 6) is 0.556. The summed E-state index contributed by atoms with van der Waals surface area (Å²) in [6.45, 7) is 6.63. The molecule has 2 aliphatic rings. The number of likely N-dealkylation sites (tertiary alicyclic amines) is 1. The maximum Gasteiger partial charge on any atom is 0.410 e. The molecule has 0 bridgehead atoms. The lowest BCUT2D eigenvalue weighted by atomic mass is 9.98. The average Bonchev–Trinajstić information content (AvgIpc) is 3.01. The summed E-state index contributed by atoms with van der Waals surface area (Å²) in [5.41, 5.74) is 1.05. The highest BCUT2D eigenvalue weighted by atomic mass is 32.2. The summed E-state index contributed by atoms with van der Waals surface area (Å²) in [5, 5.41) is 4.15. The van der Waals surface area contributed by atoms with E-state index >= 15 is 0 Å². The maximum atomic E-state index is 12.2. The molecule has 2 heterocycles. The van der Waals surface area contributed by atoms with Gasteiger partial charge in [-0.15, -0.1) is 11.8 Å². The number of hydrogen-bond donors (Lipinski definition) is 1. The van der Waals surface area contributed by atoms with Crippen molar-refractivity contribution in [2.45, 2.75) is 50.1 Å². The second-order valence-electron chi connectivity index (χ2n) is 7.62. The Kier molecular flexibility index (Phi) is 6.87. The van der Waals surface area contributed by atoms with E-state index in [2.05, 4.69) is 42.5 Å². The predicted molar refractivity (Wildman–Crippen MR) is 115 cm³/mol. The first-order valence-corrected chi connectivity index (χ1v) is 11.3. The Balaban J connectivity index is 1.56. The van der Waals surface area contributed by atoms with E-state index in [0.717, 1.165) is 43.2 Å².